The summed E-state index contributed by atoms with van der Waals surface area (Å²) in [5.74, 6) is 0. The Kier molecular flexibility index (Phi) is 51.9. The molecule has 0 aliphatic carbocycles. The molecule has 7 heavy (non-hydrogen) atoms. The zero-order valence-electron chi connectivity index (χ0n) is 2.16. The summed E-state index contributed by atoms with van der Waals surface area (Å²) >= 11 is 0. The fourth-order valence-electron chi connectivity index (χ4n) is 0. The second-order valence-electron chi connectivity index (χ2n) is 0.283. The monoisotopic (exact) mass is 186 g/mol. The minimum absolute atomic E-state index is 0. The minimum Gasteiger partial charge on any atom is 0 e. The molecular weight excluding hydrogens is 180 g/mol. The SMILES string of the molecule is O=C(O)O.[CaH2].[Fe].[MgH2]. The van der Waals surface area contributed by atoms with Crippen LogP contribution in [0.5, 0.6) is 0 Å². The number of carbonyl (C=O) groups is 1. The van der Waals surface area contributed by atoms with E-state index in [0.717, 1.165) is 0 Å². The molecule has 0 fully saturated rings. The predicted octanol–water partition coefficient (Wildman–Crippen LogP) is -1.61. The van der Waals surface area contributed by atoms with E-state index in [-0.39, 0.29) is 77.9 Å². The van der Waals surface area contributed by atoms with Gasteiger partial charge in [-0.3, -0.25) is 0 Å². The second-order valence-corrected chi connectivity index (χ2v) is 0.283. The first kappa shape index (κ1) is 23.2. The van der Waals surface area contributed by atoms with Crippen LogP contribution in [0.15, 0.2) is 0 Å². The summed E-state index contributed by atoms with van der Waals surface area (Å²) in [7, 11) is 0. The molecule has 0 aromatic rings. The van der Waals surface area contributed by atoms with Gasteiger partial charge in [0.25, 0.3) is 0 Å². The Labute approximate surface area is 97.5 Å². The van der Waals surface area contributed by atoms with E-state index in [1.165, 1.54) is 0 Å². The molecule has 2 N–H and O–H groups in total. The summed E-state index contributed by atoms with van der Waals surface area (Å²) in [4.78, 5) is 8.56. The molecule has 0 heterocycles. The van der Waals surface area contributed by atoms with Crippen LogP contribution in [0.25, 0.3) is 0 Å². The summed E-state index contributed by atoms with van der Waals surface area (Å²) in [5, 5.41) is 13.9. The van der Waals surface area contributed by atoms with Crippen molar-refractivity contribution in [3.05, 3.63) is 0 Å². The molecule has 0 rings (SSSR count). The molecule has 0 unspecified atom stereocenters. The average Bonchev–Trinajstić information content (AvgIpc) is 0.811. The van der Waals surface area contributed by atoms with E-state index < -0.39 is 6.16 Å². The molecule has 0 aromatic heterocycles. The predicted molar refractivity (Wildman–Crippen MR) is 27.7 cm³/mol. The molecule has 6 heteroatoms. The van der Waals surface area contributed by atoms with Crippen molar-refractivity contribution >= 4 is 66.9 Å². The van der Waals surface area contributed by atoms with Crippen molar-refractivity contribution in [2.45, 2.75) is 0 Å². The van der Waals surface area contributed by atoms with Crippen LogP contribution in [0.1, 0.15) is 0 Å². The quantitative estimate of drug-likeness (QED) is 0.447. The van der Waals surface area contributed by atoms with Crippen LogP contribution in [0, 0.1) is 0 Å². The third-order valence-corrected chi connectivity index (χ3v) is 0. The molecule has 0 aliphatic rings. The molecule has 0 amide bonds. The van der Waals surface area contributed by atoms with Gasteiger partial charge in [0.1, 0.15) is 0 Å². The number of rotatable bonds is 0. The molecule has 3 nitrogen and oxygen atoms in total. The third kappa shape index (κ3) is 80.2. The standard InChI is InChI=1S/CH2O3.Ca.Fe.Mg.4H/c2-1(3)4;;;;;;;/h(H2,2,3,4);;;;;;;. The van der Waals surface area contributed by atoms with E-state index in [1.54, 1.807) is 0 Å². The first-order valence-corrected chi connectivity index (χ1v) is 0.651. The largest absolute Gasteiger partial charge is 0.316 e. The maximum atomic E-state index is 8.56. The van der Waals surface area contributed by atoms with Gasteiger partial charge in [-0.15, -0.1) is 0 Å². The Hall–Kier alpha value is 1.82. The van der Waals surface area contributed by atoms with Crippen molar-refractivity contribution in [3.8, 4) is 0 Å². The van der Waals surface area contributed by atoms with Gasteiger partial charge in [-0.25, -0.2) is 4.79 Å². The smallest absolute Gasteiger partial charge is 0 e. The number of hydrogen-bond donors (Lipinski definition) is 2. The van der Waals surface area contributed by atoms with Crippen molar-refractivity contribution < 1.29 is 32.1 Å². The van der Waals surface area contributed by atoms with E-state index in [0.29, 0.717) is 0 Å². The molecule has 0 saturated carbocycles. The van der Waals surface area contributed by atoms with Crippen molar-refractivity contribution in [3.63, 3.8) is 0 Å². The third-order valence-electron chi connectivity index (χ3n) is 0. The maximum Gasteiger partial charge on any atom is 0.316 e. The van der Waals surface area contributed by atoms with E-state index in [9.17, 15) is 0 Å². The molecule has 0 aromatic carbocycles. The maximum absolute atomic E-state index is 8.56. The van der Waals surface area contributed by atoms with Gasteiger partial charge < -0.3 is 10.2 Å². The van der Waals surface area contributed by atoms with E-state index in [2.05, 4.69) is 0 Å². The van der Waals surface area contributed by atoms with Gasteiger partial charge in [0.2, 0.25) is 0 Å². The molecule has 0 atom stereocenters. The van der Waals surface area contributed by atoms with E-state index in [1.807, 2.05) is 0 Å². The van der Waals surface area contributed by atoms with Crippen LogP contribution in [0.4, 0.5) is 4.79 Å². The Balaban J connectivity index is -0.0000000150. The molecule has 0 aliphatic heterocycles. The first-order valence-electron chi connectivity index (χ1n) is 0.651. The van der Waals surface area contributed by atoms with Crippen molar-refractivity contribution in [1.29, 1.82) is 0 Å². The second kappa shape index (κ2) is 15.7. The fourth-order valence-corrected chi connectivity index (χ4v) is 0. The summed E-state index contributed by atoms with van der Waals surface area (Å²) in [6, 6.07) is 0. The van der Waals surface area contributed by atoms with Crippen molar-refractivity contribution in [1.82, 2.24) is 0 Å². The van der Waals surface area contributed by atoms with Crippen LogP contribution >= 0.6 is 0 Å². The van der Waals surface area contributed by atoms with Gasteiger partial charge in [-0.05, 0) is 0 Å². The van der Waals surface area contributed by atoms with Crippen LogP contribution in [-0.4, -0.2) is 77.2 Å². The van der Waals surface area contributed by atoms with Gasteiger partial charge in [-0.2, -0.15) is 0 Å². The Morgan fingerprint density at radius 2 is 1.29 bits per heavy atom. The van der Waals surface area contributed by atoms with Gasteiger partial charge in [-0.1, -0.05) is 0 Å². The van der Waals surface area contributed by atoms with E-state index >= 15 is 0 Å². The fraction of sp³-hybridized carbons (Fsp3) is 0. The molecule has 40 valence electrons. The summed E-state index contributed by atoms with van der Waals surface area (Å²) < 4.78 is 0. The van der Waals surface area contributed by atoms with Crippen molar-refractivity contribution in [2.24, 2.45) is 0 Å². The molecular formula is CH6CaFeMgO3. The molecule has 0 radical (unpaired) electrons. The van der Waals surface area contributed by atoms with Crippen LogP contribution in [0.2, 0.25) is 0 Å². The summed E-state index contributed by atoms with van der Waals surface area (Å²) in [5.41, 5.74) is 0. The van der Waals surface area contributed by atoms with Gasteiger partial charge in [0.05, 0.1) is 0 Å². The number of carboxylic acid groups (broad SMARTS) is 2. The topological polar surface area (TPSA) is 57.5 Å². The Bertz CT molecular complexity index is 37.9. The Morgan fingerprint density at radius 1 is 1.29 bits per heavy atom. The van der Waals surface area contributed by atoms with Crippen molar-refractivity contribution in [2.75, 3.05) is 0 Å². The van der Waals surface area contributed by atoms with Gasteiger partial charge in [0.15, 0.2) is 0 Å². The first-order chi connectivity index (χ1) is 1.73. The minimum atomic E-state index is -1.83. The average molecular weight is 186 g/mol. The molecule has 0 bridgehead atoms. The summed E-state index contributed by atoms with van der Waals surface area (Å²) in [6.07, 6.45) is -1.83. The van der Waals surface area contributed by atoms with Gasteiger partial charge >= 0.3 is 66.9 Å². The van der Waals surface area contributed by atoms with E-state index in [4.69, 9.17) is 15.0 Å². The van der Waals surface area contributed by atoms with Crippen LogP contribution in [-0.2, 0) is 17.1 Å². The molecule has 0 saturated heterocycles. The number of hydrogen-bond acceptors (Lipinski definition) is 1. The zero-order valence-corrected chi connectivity index (χ0v) is 3.26. The summed E-state index contributed by atoms with van der Waals surface area (Å²) in [6.45, 7) is 0. The zero-order chi connectivity index (χ0) is 3.58. The molecule has 0 spiro atoms. The Morgan fingerprint density at radius 3 is 1.29 bits per heavy atom. The normalized spacial score (nSPS) is 3.43. The van der Waals surface area contributed by atoms with Gasteiger partial charge in [0, 0.05) is 17.1 Å². The van der Waals surface area contributed by atoms with Crippen LogP contribution < -0.4 is 0 Å². The van der Waals surface area contributed by atoms with Crippen LogP contribution in [0.3, 0.4) is 0 Å².